The quantitative estimate of drug-likeness (QED) is 0.279. The molecular weight excluding hydrogens is 588 g/mol. The number of fused-ring (bicyclic) bond motifs is 3. The van der Waals surface area contributed by atoms with Gasteiger partial charge < -0.3 is 0 Å². The third kappa shape index (κ3) is 5.87. The molecule has 3 atom stereocenters. The third-order valence-corrected chi connectivity index (χ3v) is 9.40. The molecule has 12 heteroatoms. The third-order valence-electron chi connectivity index (χ3n) is 7.64. The van der Waals surface area contributed by atoms with Crippen LogP contribution in [0.25, 0.3) is 5.52 Å². The van der Waals surface area contributed by atoms with E-state index in [1.165, 1.54) is 13.5 Å². The first-order valence-corrected chi connectivity index (χ1v) is 14.8. The van der Waals surface area contributed by atoms with Gasteiger partial charge in [-0.3, -0.25) is 0 Å². The second-order valence-electron chi connectivity index (χ2n) is 9.88. The van der Waals surface area contributed by atoms with Gasteiger partial charge in [0, 0.05) is 7.05 Å². The molecule has 0 aliphatic carbocycles. The van der Waals surface area contributed by atoms with Crippen molar-refractivity contribution in [2.24, 2.45) is 0 Å². The molecule has 0 unspecified atom stereocenters. The number of anilines is 2. The van der Waals surface area contributed by atoms with Crippen LogP contribution in [-0.4, -0.2) is 86.1 Å². The van der Waals surface area contributed by atoms with Crippen LogP contribution in [0.4, 0.5) is 24.7 Å². The fourth-order valence-electron chi connectivity index (χ4n) is 5.68. The van der Waals surface area contributed by atoms with Gasteiger partial charge in [-0.2, -0.15) is 0 Å². The van der Waals surface area contributed by atoms with E-state index < -0.39 is 20.0 Å². The van der Waals surface area contributed by atoms with Gasteiger partial charge in [0.2, 0.25) is 0 Å². The molecule has 2 aliphatic rings. The van der Waals surface area contributed by atoms with Gasteiger partial charge in [-0.15, -0.1) is 0 Å². The van der Waals surface area contributed by atoms with Gasteiger partial charge in [-0.1, -0.05) is 0 Å². The van der Waals surface area contributed by atoms with E-state index in [9.17, 15) is 18.0 Å². The van der Waals surface area contributed by atoms with Gasteiger partial charge in [0.25, 0.3) is 0 Å². The number of carbonyl (C=O) groups is 1. The summed E-state index contributed by atoms with van der Waals surface area (Å²) in [5, 5.41) is 4.90. The first kappa shape index (κ1) is 28.1. The van der Waals surface area contributed by atoms with E-state index in [4.69, 9.17) is 4.74 Å². The molecule has 2 aliphatic heterocycles. The van der Waals surface area contributed by atoms with Gasteiger partial charge in [0.05, 0.1) is 0 Å². The van der Waals surface area contributed by atoms with Crippen molar-refractivity contribution in [1.82, 2.24) is 19.6 Å². The number of rotatable bonds is 7. The summed E-state index contributed by atoms with van der Waals surface area (Å²) in [6.45, 7) is 0.168. The number of nitrogens with one attached hydrogen (secondary N) is 3. The number of benzene rings is 1. The van der Waals surface area contributed by atoms with Crippen molar-refractivity contribution in [1.29, 1.82) is 0 Å². The molecule has 0 spiro atoms. The number of ether oxygens (including phenoxy) is 1. The Bertz CT molecular complexity index is 1460. The number of carbonyl (C=O) groups excluding carboxylic acids is 1. The van der Waals surface area contributed by atoms with Crippen LogP contribution in [0.3, 0.4) is 0 Å². The fraction of sp³-hybridized carbons (Fsp3) is 0.429. The molecule has 40 heavy (non-hydrogen) atoms. The average molecular weight is 620 g/mol. The number of hydrogen-bond acceptors (Lipinski definition) is 6. The van der Waals surface area contributed by atoms with E-state index in [2.05, 4.69) is 44.7 Å². The summed E-state index contributed by atoms with van der Waals surface area (Å²) in [4.78, 5) is 18.8. The number of likely N-dealkylation sites (N-methyl/N-ethyl adjacent to an activating group) is 1. The average Bonchev–Trinajstić information content (AvgIpc) is 3.38. The van der Waals surface area contributed by atoms with Crippen molar-refractivity contribution < 1.29 is 22.7 Å². The Morgan fingerprint density at radius 2 is 2.02 bits per heavy atom. The maximum absolute atomic E-state index is 13.6. The molecule has 1 amide bonds. The molecule has 1 aromatic carbocycles. The summed E-state index contributed by atoms with van der Waals surface area (Å²) >= 11 is -1.79. The van der Waals surface area contributed by atoms with Gasteiger partial charge in [-0.05, 0) is 0 Å². The van der Waals surface area contributed by atoms with Crippen molar-refractivity contribution in [2.45, 2.75) is 48.9 Å². The summed E-state index contributed by atoms with van der Waals surface area (Å²) in [7, 11) is 5.19. The minimum atomic E-state index is -4.34. The Labute approximate surface area is 237 Å². The molecule has 2 saturated heterocycles. The van der Waals surface area contributed by atoms with E-state index >= 15 is 0 Å². The number of alkyl halides is 3. The van der Waals surface area contributed by atoms with E-state index in [-0.39, 0.29) is 23.1 Å². The minimum absolute atomic E-state index is 0.141. The SMILES string of the molecule is CNC(=O)c1ccc(NCC#Cc2cc3c(N[C@@H]4CC[C@@H]5CC[C@H]4N5C)nccn3c2[Se]C(F)(F)F)c(OC)c1. The Kier molecular flexibility index (Phi) is 8.17. The molecule has 5 rings (SSSR count). The summed E-state index contributed by atoms with van der Waals surface area (Å²) in [6.07, 6.45) is 7.51. The summed E-state index contributed by atoms with van der Waals surface area (Å²) in [5.41, 5.74) is 1.99. The molecule has 4 heterocycles. The van der Waals surface area contributed by atoms with Crippen LogP contribution in [0, 0.1) is 11.8 Å². The molecule has 3 aromatic rings. The predicted molar refractivity (Wildman–Crippen MR) is 150 cm³/mol. The van der Waals surface area contributed by atoms with Crippen LogP contribution in [0.1, 0.15) is 41.6 Å². The number of methoxy groups -OCH3 is 1. The van der Waals surface area contributed by atoms with Crippen LogP contribution in [0.15, 0.2) is 36.7 Å². The van der Waals surface area contributed by atoms with Crippen molar-refractivity contribution in [3.8, 4) is 17.6 Å². The number of halogens is 3. The fourth-order valence-corrected chi connectivity index (χ4v) is 7.14. The molecule has 0 radical (unpaired) electrons. The molecule has 2 aromatic heterocycles. The standard InChI is InChI=1S/C28H31F3N6O2Se/c1-32-26(38)17-6-9-21(24(16-17)39-3)33-12-4-5-18-15-23-25(34-13-14-37(23)27(18)40-28(29,30)31)35-20-10-7-19-8-11-22(20)36(19)2/h6,9,13-16,19-20,22,33H,7-8,10-12H2,1-3H3,(H,32,38)(H,34,35)/t19-,20-,22-/m1/s1. The normalized spacial score (nSPS) is 20.6. The molecule has 0 saturated carbocycles. The maximum atomic E-state index is 13.6. The van der Waals surface area contributed by atoms with Crippen LogP contribution >= 0.6 is 0 Å². The van der Waals surface area contributed by atoms with E-state index in [1.54, 1.807) is 48.1 Å². The zero-order chi connectivity index (χ0) is 28.4. The Morgan fingerprint density at radius 1 is 1.23 bits per heavy atom. The van der Waals surface area contributed by atoms with Crippen molar-refractivity contribution in [3.63, 3.8) is 0 Å². The topological polar surface area (TPSA) is 82.9 Å². The van der Waals surface area contributed by atoms with Crippen LogP contribution in [-0.2, 0) is 0 Å². The Morgan fingerprint density at radius 3 is 2.77 bits per heavy atom. The monoisotopic (exact) mass is 620 g/mol. The second-order valence-corrected chi connectivity index (χ2v) is 12.1. The molecule has 3 N–H and O–H groups in total. The van der Waals surface area contributed by atoms with Crippen molar-refractivity contribution in [3.05, 3.63) is 47.8 Å². The second kappa shape index (κ2) is 11.6. The first-order chi connectivity index (χ1) is 19.2. The van der Waals surface area contributed by atoms with Gasteiger partial charge in [0.1, 0.15) is 0 Å². The predicted octanol–water partition coefficient (Wildman–Crippen LogP) is 3.05. The molecule has 2 fully saturated rings. The number of piperidine rings is 1. The van der Waals surface area contributed by atoms with E-state index in [0.29, 0.717) is 46.0 Å². The zero-order valence-corrected chi connectivity index (χ0v) is 24.1. The number of amides is 1. The van der Waals surface area contributed by atoms with Crippen LogP contribution < -0.4 is 25.3 Å². The Balaban J connectivity index is 1.40. The first-order valence-electron chi connectivity index (χ1n) is 13.1. The molecule has 8 nitrogen and oxygen atoms in total. The van der Waals surface area contributed by atoms with E-state index in [1.807, 2.05) is 0 Å². The number of hydrogen-bond donors (Lipinski definition) is 3. The number of nitrogens with zero attached hydrogens (tertiary/aromatic N) is 3. The summed E-state index contributed by atoms with van der Waals surface area (Å²) in [6, 6.07) is 7.86. The summed E-state index contributed by atoms with van der Waals surface area (Å²) < 4.78 is 48.0. The molecule has 2 bridgehead atoms. The van der Waals surface area contributed by atoms with Gasteiger partial charge >= 0.3 is 230 Å². The van der Waals surface area contributed by atoms with Crippen molar-refractivity contribution >= 4 is 42.5 Å². The van der Waals surface area contributed by atoms with E-state index in [0.717, 1.165) is 19.3 Å². The summed E-state index contributed by atoms with van der Waals surface area (Å²) in [5.74, 6) is 6.70. The zero-order valence-electron chi connectivity index (χ0n) is 22.4. The van der Waals surface area contributed by atoms with Gasteiger partial charge in [-0.25, -0.2) is 0 Å². The Hall–Kier alpha value is -3.39. The van der Waals surface area contributed by atoms with Crippen molar-refractivity contribution in [2.75, 3.05) is 38.4 Å². The van der Waals surface area contributed by atoms with Gasteiger partial charge in [0.15, 0.2) is 0 Å². The number of aromatic nitrogens is 2. The van der Waals surface area contributed by atoms with Crippen LogP contribution in [0.2, 0.25) is 0 Å². The molecule has 212 valence electrons. The van der Waals surface area contributed by atoms with Crippen LogP contribution in [0.5, 0.6) is 5.75 Å². The molecular formula is C28H31F3N6O2Se.